The molecule has 0 atom stereocenters. The second-order valence-electron chi connectivity index (χ2n) is 7.62. The zero-order chi connectivity index (χ0) is 22.2. The van der Waals surface area contributed by atoms with Gasteiger partial charge in [-0.25, -0.2) is 18.7 Å². The van der Waals surface area contributed by atoms with Crippen LogP contribution in [0.5, 0.6) is 5.75 Å². The highest BCUT2D eigenvalue weighted by Crippen LogP contribution is 2.28. The summed E-state index contributed by atoms with van der Waals surface area (Å²) in [6, 6.07) is 3.37. The maximum Gasteiger partial charge on any atom is 0.171 e. The molecule has 1 saturated heterocycles. The van der Waals surface area contributed by atoms with E-state index in [1.807, 2.05) is 0 Å². The predicted molar refractivity (Wildman–Crippen MR) is 116 cm³/mol. The minimum absolute atomic E-state index is 0.0884. The number of nitrogens with two attached hydrogens (primary N) is 1. The quantitative estimate of drug-likeness (QED) is 0.747. The summed E-state index contributed by atoms with van der Waals surface area (Å²) in [4.78, 5) is 11.3. The molecule has 31 heavy (non-hydrogen) atoms. The fraction of sp³-hybridized carbons (Fsp3) is 0.545. The van der Waals surface area contributed by atoms with Crippen LogP contribution in [-0.4, -0.2) is 49.4 Å². The van der Waals surface area contributed by atoms with Crippen LogP contribution in [0.3, 0.4) is 0 Å². The molecule has 0 bridgehead atoms. The Morgan fingerprint density at radius 2 is 1.97 bits per heavy atom. The lowest BCUT2D eigenvalue weighted by Crippen LogP contribution is -2.39. The second kappa shape index (κ2) is 11.2. The number of nitrogen functional groups attached to an aromatic ring is 1. The molecule has 7 nitrogen and oxygen atoms in total. The van der Waals surface area contributed by atoms with Crippen molar-refractivity contribution in [1.29, 1.82) is 0 Å². The number of nitrogens with zero attached hydrogens (tertiary/aromatic N) is 3. The van der Waals surface area contributed by atoms with E-state index in [-0.39, 0.29) is 11.9 Å². The highest BCUT2D eigenvalue weighted by Gasteiger charge is 2.25. The predicted octanol–water partition coefficient (Wildman–Crippen LogP) is 3.07. The van der Waals surface area contributed by atoms with Crippen molar-refractivity contribution in [2.45, 2.75) is 45.3 Å². The Bertz CT molecular complexity index is 858. The summed E-state index contributed by atoms with van der Waals surface area (Å²) in [7, 11) is 1.71. The average molecular weight is 436 g/mol. The van der Waals surface area contributed by atoms with Gasteiger partial charge >= 0.3 is 0 Å². The first-order valence-corrected chi connectivity index (χ1v) is 10.7. The Morgan fingerprint density at radius 3 is 2.61 bits per heavy atom. The van der Waals surface area contributed by atoms with Gasteiger partial charge in [-0.15, -0.1) is 0 Å². The molecule has 1 aromatic heterocycles. The number of hydrogen-bond acceptors (Lipinski definition) is 7. The summed E-state index contributed by atoms with van der Waals surface area (Å²) in [6.45, 7) is 5.96. The summed E-state index contributed by atoms with van der Waals surface area (Å²) < 4.78 is 37.1. The van der Waals surface area contributed by atoms with Crippen molar-refractivity contribution in [3.8, 4) is 5.75 Å². The zero-order valence-corrected chi connectivity index (χ0v) is 18.2. The van der Waals surface area contributed by atoms with E-state index in [9.17, 15) is 8.78 Å². The second-order valence-corrected chi connectivity index (χ2v) is 7.62. The first kappa shape index (κ1) is 23.1. The first-order chi connectivity index (χ1) is 15.0. The van der Waals surface area contributed by atoms with Gasteiger partial charge in [0.05, 0.1) is 11.4 Å². The summed E-state index contributed by atoms with van der Waals surface area (Å²) >= 11 is 0. The highest BCUT2D eigenvalue weighted by molar-refractivity contribution is 5.59. The number of benzene rings is 1. The van der Waals surface area contributed by atoms with Crippen molar-refractivity contribution >= 4 is 11.6 Å². The third-order valence-electron chi connectivity index (χ3n) is 5.23. The number of rotatable bonds is 5. The molecule has 1 fully saturated rings. The first-order valence-electron chi connectivity index (χ1n) is 10.7. The minimum Gasteiger partial charge on any atom is -0.487 e. The normalized spacial score (nSPS) is 16.3. The SMILES string of the molecule is CCCOC.Nc1nc2c(nc1N1CCC(Oc3ccc(F)cc3F)CC1)CCNC2. The highest BCUT2D eigenvalue weighted by atomic mass is 19.1. The van der Waals surface area contributed by atoms with Crippen LogP contribution in [0.1, 0.15) is 37.6 Å². The maximum absolute atomic E-state index is 13.7. The monoisotopic (exact) mass is 435 g/mol. The Balaban J connectivity index is 0.000000491. The number of fused-ring (bicyclic) bond motifs is 1. The topological polar surface area (TPSA) is 85.5 Å². The number of hydrogen-bond donors (Lipinski definition) is 2. The Morgan fingerprint density at radius 1 is 1.19 bits per heavy atom. The van der Waals surface area contributed by atoms with E-state index in [0.717, 1.165) is 49.3 Å². The van der Waals surface area contributed by atoms with Gasteiger partial charge in [0.15, 0.2) is 23.2 Å². The van der Waals surface area contributed by atoms with E-state index < -0.39 is 11.6 Å². The summed E-state index contributed by atoms with van der Waals surface area (Å²) in [5.41, 5.74) is 8.03. The standard InChI is InChI=1S/C18H21F2N5O.C4H10O/c19-11-1-2-16(13(20)9-11)26-12-4-7-25(8-5-12)18-17(21)23-15-10-22-6-3-14(15)24-18;1-3-4-5-2/h1-2,9,12,22H,3-8,10H2,(H2,21,23);3-4H2,1-2H3. The third kappa shape index (κ3) is 6.24. The van der Waals surface area contributed by atoms with Gasteiger partial charge in [0.1, 0.15) is 11.9 Å². The molecule has 0 amide bonds. The van der Waals surface area contributed by atoms with Crippen LogP contribution in [0.15, 0.2) is 18.2 Å². The Labute approximate surface area is 182 Å². The molecule has 9 heteroatoms. The number of anilines is 2. The molecule has 2 aromatic rings. The molecule has 170 valence electrons. The zero-order valence-electron chi connectivity index (χ0n) is 18.2. The molecule has 3 heterocycles. The molecule has 0 spiro atoms. The number of ether oxygens (including phenoxy) is 2. The van der Waals surface area contributed by atoms with Gasteiger partial charge in [0.2, 0.25) is 0 Å². The number of methoxy groups -OCH3 is 1. The number of piperidine rings is 1. The van der Waals surface area contributed by atoms with Gasteiger partial charge in [-0.1, -0.05) is 6.92 Å². The molecular weight excluding hydrogens is 404 g/mol. The molecule has 4 rings (SSSR count). The van der Waals surface area contributed by atoms with Gasteiger partial charge in [-0.3, -0.25) is 0 Å². The van der Waals surface area contributed by atoms with Gasteiger partial charge in [-0.05, 0) is 18.6 Å². The number of halogens is 2. The van der Waals surface area contributed by atoms with E-state index in [4.69, 9.17) is 20.2 Å². The molecule has 0 unspecified atom stereocenters. The lowest BCUT2D eigenvalue weighted by Gasteiger charge is -2.34. The number of aromatic nitrogens is 2. The van der Waals surface area contributed by atoms with Gasteiger partial charge in [0, 0.05) is 65.2 Å². The fourth-order valence-electron chi connectivity index (χ4n) is 3.64. The summed E-state index contributed by atoms with van der Waals surface area (Å²) in [5, 5.41) is 3.26. The van der Waals surface area contributed by atoms with Crippen molar-refractivity contribution < 1.29 is 18.3 Å². The molecule has 1 aromatic carbocycles. The smallest absolute Gasteiger partial charge is 0.171 e. The van der Waals surface area contributed by atoms with E-state index in [0.29, 0.717) is 38.3 Å². The van der Waals surface area contributed by atoms with Crippen LogP contribution in [-0.2, 0) is 17.7 Å². The van der Waals surface area contributed by atoms with Crippen LogP contribution in [0.25, 0.3) is 0 Å². The largest absolute Gasteiger partial charge is 0.487 e. The van der Waals surface area contributed by atoms with Crippen LogP contribution in [0.2, 0.25) is 0 Å². The van der Waals surface area contributed by atoms with Crippen molar-refractivity contribution in [2.75, 3.05) is 44.0 Å². The Kier molecular flexibility index (Phi) is 8.36. The van der Waals surface area contributed by atoms with Gasteiger partial charge in [-0.2, -0.15) is 0 Å². The van der Waals surface area contributed by atoms with Crippen LogP contribution >= 0.6 is 0 Å². The molecule has 0 radical (unpaired) electrons. The molecule has 2 aliphatic heterocycles. The molecule has 2 aliphatic rings. The van der Waals surface area contributed by atoms with Gasteiger partial charge < -0.3 is 25.4 Å². The van der Waals surface area contributed by atoms with Gasteiger partial charge in [0.25, 0.3) is 0 Å². The lowest BCUT2D eigenvalue weighted by atomic mass is 10.1. The van der Waals surface area contributed by atoms with Crippen LogP contribution in [0, 0.1) is 11.6 Å². The fourth-order valence-corrected chi connectivity index (χ4v) is 3.64. The minimum atomic E-state index is -0.675. The lowest BCUT2D eigenvalue weighted by molar-refractivity contribution is 0.163. The van der Waals surface area contributed by atoms with Crippen molar-refractivity contribution in [2.24, 2.45) is 0 Å². The molecular formula is C22H31F2N5O2. The molecule has 3 N–H and O–H groups in total. The maximum atomic E-state index is 13.7. The van der Waals surface area contributed by atoms with Crippen LogP contribution in [0.4, 0.5) is 20.4 Å². The number of nitrogens with one attached hydrogen (secondary N) is 1. The van der Waals surface area contributed by atoms with E-state index in [2.05, 4.69) is 22.1 Å². The third-order valence-corrected chi connectivity index (χ3v) is 5.23. The van der Waals surface area contributed by atoms with Crippen molar-refractivity contribution in [3.05, 3.63) is 41.2 Å². The molecule has 0 aliphatic carbocycles. The molecule has 0 saturated carbocycles. The van der Waals surface area contributed by atoms with E-state index in [1.54, 1.807) is 7.11 Å². The van der Waals surface area contributed by atoms with Crippen LogP contribution < -0.4 is 20.7 Å². The summed E-state index contributed by atoms with van der Waals surface area (Å²) in [6.07, 6.45) is 3.25. The van der Waals surface area contributed by atoms with E-state index >= 15 is 0 Å². The Hall–Kier alpha value is -2.52. The van der Waals surface area contributed by atoms with Crippen molar-refractivity contribution in [1.82, 2.24) is 15.3 Å². The average Bonchev–Trinajstić information content (AvgIpc) is 2.77. The summed E-state index contributed by atoms with van der Waals surface area (Å²) in [5.74, 6) is -0.0361. The van der Waals surface area contributed by atoms with Crippen molar-refractivity contribution in [3.63, 3.8) is 0 Å². The van der Waals surface area contributed by atoms with E-state index in [1.165, 1.54) is 12.1 Å².